The summed E-state index contributed by atoms with van der Waals surface area (Å²) in [7, 11) is 3.32. The van der Waals surface area contributed by atoms with E-state index in [0.717, 1.165) is 23.6 Å². The van der Waals surface area contributed by atoms with Crippen molar-refractivity contribution < 1.29 is 13.6 Å². The summed E-state index contributed by atoms with van der Waals surface area (Å²) in [4.78, 5) is 31.0. The van der Waals surface area contributed by atoms with Crippen LogP contribution < -0.4 is 10.1 Å². The summed E-state index contributed by atoms with van der Waals surface area (Å²) in [5.41, 5.74) is 3.23. The van der Waals surface area contributed by atoms with Crippen molar-refractivity contribution in [3.05, 3.63) is 41.6 Å². The molecule has 1 saturated carbocycles. The monoisotopic (exact) mass is 433 g/mol. The lowest BCUT2D eigenvalue weighted by molar-refractivity contribution is 0.0817. The number of aromatic nitrogens is 6. The molecule has 0 unspecified atom stereocenters. The number of H-pyrrole nitrogens is 1. The maximum Gasteiger partial charge on any atom is 0.258 e. The molecule has 2 N–H and O–H groups in total. The molecule has 4 aromatic rings. The Bertz CT molecular complexity index is 1490. The van der Waals surface area contributed by atoms with Crippen LogP contribution in [0.25, 0.3) is 22.6 Å². The van der Waals surface area contributed by atoms with Gasteiger partial charge in [0.25, 0.3) is 5.91 Å². The molecule has 0 spiro atoms. The highest BCUT2D eigenvalue weighted by molar-refractivity contribution is 6.09. The Labute approximate surface area is 187 Å². The lowest BCUT2D eigenvalue weighted by atomic mass is 10.1. The number of carbonyl (C=O) groups excluding carboxylic acids is 1. The number of anilines is 2. The number of imidazole rings is 1. The molecule has 4 heterocycles. The Morgan fingerprint density at radius 2 is 2.19 bits per heavy atom. The van der Waals surface area contributed by atoms with Crippen LogP contribution in [0.15, 0.2) is 24.5 Å². The number of hydrogen-bond donors (Lipinski definition) is 2. The third kappa shape index (κ3) is 2.83. The van der Waals surface area contributed by atoms with Gasteiger partial charge in [0, 0.05) is 24.1 Å². The van der Waals surface area contributed by atoms with Crippen LogP contribution >= 0.6 is 0 Å². The molecule has 6 rings (SSSR count). The Balaban J connectivity index is 1.52. The molecule has 1 aliphatic heterocycles. The second kappa shape index (κ2) is 6.78. The highest BCUT2D eigenvalue weighted by Gasteiger charge is 2.34. The summed E-state index contributed by atoms with van der Waals surface area (Å²) in [5.74, 6) is 1.52. The zero-order valence-electron chi connectivity index (χ0n) is 20.5. The normalized spacial score (nSPS) is 17.2. The van der Waals surface area contributed by atoms with Gasteiger partial charge in [-0.05, 0) is 25.0 Å². The van der Waals surface area contributed by atoms with E-state index >= 15 is 0 Å². The number of carbonyl (C=O) groups is 1. The largest absolute Gasteiger partial charge is 0.494 e. The van der Waals surface area contributed by atoms with E-state index in [1.54, 1.807) is 25.2 Å². The number of para-hydroxylation sites is 1. The average Bonchev–Trinajstić information content (AvgIpc) is 3.27. The molecule has 10 heteroatoms. The summed E-state index contributed by atoms with van der Waals surface area (Å²) in [5, 5.41) is 7.70. The highest BCUT2D eigenvalue weighted by Crippen LogP contribution is 2.43. The van der Waals surface area contributed by atoms with Gasteiger partial charge in [-0.3, -0.25) is 9.48 Å². The van der Waals surface area contributed by atoms with Crippen LogP contribution in [0.5, 0.6) is 5.75 Å². The molecule has 0 radical (unpaired) electrons. The van der Waals surface area contributed by atoms with Crippen molar-refractivity contribution in [3.63, 3.8) is 0 Å². The number of rotatable bonds is 5. The average molecular weight is 433 g/mol. The van der Waals surface area contributed by atoms with E-state index in [4.69, 9.17) is 8.85 Å². The van der Waals surface area contributed by atoms with Gasteiger partial charge in [0.2, 0.25) is 0 Å². The molecule has 10 nitrogen and oxygen atoms in total. The van der Waals surface area contributed by atoms with Crippen molar-refractivity contribution in [2.24, 2.45) is 7.05 Å². The van der Waals surface area contributed by atoms with E-state index in [0.29, 0.717) is 51.3 Å². The summed E-state index contributed by atoms with van der Waals surface area (Å²) in [6.45, 7) is -2.70. The van der Waals surface area contributed by atoms with E-state index in [9.17, 15) is 4.79 Å². The minimum absolute atomic E-state index is 0.115. The van der Waals surface area contributed by atoms with Gasteiger partial charge in [-0.25, -0.2) is 15.0 Å². The second-order valence-electron chi connectivity index (χ2n) is 8.05. The van der Waals surface area contributed by atoms with Crippen molar-refractivity contribution in [1.29, 1.82) is 0 Å². The molecular weight excluding hydrogens is 408 g/mol. The number of aryl methyl sites for hydroxylation is 1. The van der Waals surface area contributed by atoms with E-state index in [-0.39, 0.29) is 12.1 Å². The Morgan fingerprint density at radius 1 is 1.31 bits per heavy atom. The number of benzene rings is 1. The van der Waals surface area contributed by atoms with Crippen LogP contribution in [0.2, 0.25) is 0 Å². The van der Waals surface area contributed by atoms with Crippen molar-refractivity contribution in [1.82, 2.24) is 34.6 Å². The van der Waals surface area contributed by atoms with Gasteiger partial charge in [-0.15, -0.1) is 0 Å². The summed E-state index contributed by atoms with van der Waals surface area (Å²) >= 11 is 0. The molecule has 32 heavy (non-hydrogen) atoms. The summed E-state index contributed by atoms with van der Waals surface area (Å²) in [6.07, 6.45) is 3.68. The van der Waals surface area contributed by atoms with Gasteiger partial charge in [0.05, 0.1) is 41.9 Å². The van der Waals surface area contributed by atoms with Gasteiger partial charge in [-0.1, -0.05) is 6.07 Å². The van der Waals surface area contributed by atoms with E-state index in [1.165, 1.54) is 0 Å². The number of amides is 1. The van der Waals surface area contributed by atoms with Gasteiger partial charge < -0.3 is 19.9 Å². The highest BCUT2D eigenvalue weighted by atomic mass is 16.5. The summed E-state index contributed by atoms with van der Waals surface area (Å²) < 4.78 is 30.7. The predicted molar refractivity (Wildman–Crippen MR) is 118 cm³/mol. The first kappa shape index (κ1) is 15.8. The number of fused-ring (bicyclic) bond motifs is 2. The molecule has 1 fully saturated rings. The topological polar surface area (TPSA) is 114 Å². The molecule has 0 saturated heterocycles. The number of nitrogens with zero attached hydrogens (tertiary/aromatic N) is 6. The van der Waals surface area contributed by atoms with E-state index in [1.807, 2.05) is 18.2 Å². The fourth-order valence-corrected chi connectivity index (χ4v) is 4.10. The van der Waals surface area contributed by atoms with Gasteiger partial charge in [-0.2, -0.15) is 5.10 Å². The first-order valence-corrected chi connectivity index (χ1v) is 10.3. The van der Waals surface area contributed by atoms with Gasteiger partial charge in [0.1, 0.15) is 17.7 Å². The molecule has 2 aliphatic rings. The zero-order chi connectivity index (χ0) is 24.5. The van der Waals surface area contributed by atoms with Crippen molar-refractivity contribution in [2.45, 2.75) is 25.3 Å². The lowest BCUT2D eigenvalue weighted by Gasteiger charge is -2.16. The lowest BCUT2D eigenvalue weighted by Crippen LogP contribution is -2.18. The number of ether oxygens (including phenoxy) is 1. The minimum Gasteiger partial charge on any atom is -0.494 e. The SMILES string of the molecule is [2H]C([2H])([2H])N1Cc2nc3nc(C4CC4)[nH]c3c(Nc3cccc(-c4ncn(C)n4)c3OC)c2C1=O. The first-order valence-electron chi connectivity index (χ1n) is 11.8. The molecule has 1 aromatic carbocycles. The number of nitrogens with one attached hydrogen (secondary N) is 2. The van der Waals surface area contributed by atoms with E-state index in [2.05, 4.69) is 30.4 Å². The smallest absolute Gasteiger partial charge is 0.258 e. The van der Waals surface area contributed by atoms with Crippen LogP contribution in [-0.4, -0.2) is 54.6 Å². The first-order chi connectivity index (χ1) is 16.7. The molecule has 1 aliphatic carbocycles. The number of hydrogen-bond acceptors (Lipinski definition) is 7. The van der Waals surface area contributed by atoms with Gasteiger partial charge in [0.15, 0.2) is 17.2 Å². The van der Waals surface area contributed by atoms with E-state index < -0.39 is 12.9 Å². The van der Waals surface area contributed by atoms with Crippen LogP contribution in [0.1, 0.15) is 44.7 Å². The predicted octanol–water partition coefficient (Wildman–Crippen LogP) is 2.97. The Kier molecular flexibility index (Phi) is 3.34. The van der Waals surface area contributed by atoms with Crippen LogP contribution in [0.4, 0.5) is 11.4 Å². The number of pyridine rings is 1. The molecule has 0 atom stereocenters. The van der Waals surface area contributed by atoms with Crippen LogP contribution in [0, 0.1) is 0 Å². The second-order valence-corrected chi connectivity index (χ2v) is 8.05. The molecule has 0 bridgehead atoms. The third-order valence-electron chi connectivity index (χ3n) is 5.78. The fraction of sp³-hybridized carbons (Fsp3) is 0.318. The summed E-state index contributed by atoms with van der Waals surface area (Å²) in [6, 6.07) is 5.48. The van der Waals surface area contributed by atoms with Crippen LogP contribution in [-0.2, 0) is 13.6 Å². The fourth-order valence-electron chi connectivity index (χ4n) is 4.10. The maximum absolute atomic E-state index is 13.3. The van der Waals surface area contributed by atoms with Crippen molar-refractivity contribution >= 4 is 28.4 Å². The minimum atomic E-state index is -2.59. The maximum atomic E-state index is 13.3. The van der Waals surface area contributed by atoms with Crippen molar-refractivity contribution in [3.8, 4) is 17.1 Å². The molecule has 1 amide bonds. The molecule has 3 aromatic heterocycles. The standard InChI is InChI=1S/C22H22N8O2/c1-29-9-14-15(22(29)31)16(17-21(25-14)27-19(26-17)11-7-8-11)24-13-6-4-5-12(18(13)32-3)20-23-10-30(2)28-20/h4-6,10-11H,7-9H2,1-3H3,(H2,24,25,26,27)/i1D3. The Hall–Kier alpha value is -3.95. The van der Waals surface area contributed by atoms with Gasteiger partial charge >= 0.3 is 0 Å². The van der Waals surface area contributed by atoms with Crippen LogP contribution in [0.3, 0.4) is 0 Å². The Morgan fingerprint density at radius 3 is 2.91 bits per heavy atom. The number of methoxy groups -OCH3 is 1. The molecular formula is C22H22N8O2. The molecule has 162 valence electrons. The third-order valence-corrected chi connectivity index (χ3v) is 5.78. The zero-order valence-corrected chi connectivity index (χ0v) is 17.5. The number of aromatic amines is 1. The quantitative estimate of drug-likeness (QED) is 0.497. The van der Waals surface area contributed by atoms with Crippen molar-refractivity contribution in [2.75, 3.05) is 19.4 Å².